The molecule has 0 spiro atoms. The molecule has 4 aromatic rings. The molecule has 0 radical (unpaired) electrons. The van der Waals surface area contributed by atoms with Crippen LogP contribution in [-0.2, 0) is 52.5 Å². The molecule has 5 bridgehead atoms. The van der Waals surface area contributed by atoms with Crippen LogP contribution >= 0.6 is 0 Å². The third-order valence-corrected chi connectivity index (χ3v) is 15.9. The summed E-state index contributed by atoms with van der Waals surface area (Å²) < 4.78 is 36.1. The number of rotatable bonds is 14. The van der Waals surface area contributed by atoms with Crippen LogP contribution < -0.4 is 36.3 Å². The van der Waals surface area contributed by atoms with Crippen LogP contribution in [0, 0.1) is 42.4 Å². The topological polar surface area (TPSA) is 317 Å². The number of aldehydes is 2. The van der Waals surface area contributed by atoms with Crippen LogP contribution in [-0.4, -0.2) is 137 Å². The van der Waals surface area contributed by atoms with E-state index in [1.54, 1.807) is 45.9 Å². The number of hydrogen-bond acceptors (Lipinski definition) is 21. The number of fused-ring (bicyclic) bond motifs is 14. The Kier molecular flexibility index (Phi) is 20.1. The second kappa shape index (κ2) is 26.6. The lowest BCUT2D eigenvalue weighted by atomic mass is 9.77. The van der Waals surface area contributed by atoms with Crippen LogP contribution in [0.4, 0.5) is 11.4 Å². The molecular formula is C61H75N5O18. The van der Waals surface area contributed by atoms with Gasteiger partial charge < -0.3 is 68.5 Å². The van der Waals surface area contributed by atoms with Gasteiger partial charge in [0.2, 0.25) is 16.8 Å². The minimum atomic E-state index is -2.01. The molecule has 1 aromatic heterocycles. The molecule has 0 unspecified atom stereocenters. The molecule has 1 saturated heterocycles. The number of carbonyl (C=O) groups excluding carboxylic acids is 7. The number of phenols is 1. The first-order valence-electron chi connectivity index (χ1n) is 28.1. The van der Waals surface area contributed by atoms with Gasteiger partial charge in [-0.15, -0.1) is 0 Å². The van der Waals surface area contributed by atoms with Crippen LogP contribution in [0.5, 0.6) is 11.5 Å². The van der Waals surface area contributed by atoms with Crippen molar-refractivity contribution < 1.29 is 77.0 Å². The lowest BCUT2D eigenvalue weighted by Crippen LogP contribution is -2.47. The SMILES string of the molecule is CC(=O)O[C@H]1[C@H](C)[C@H](O)[C@H](C)[C@@H](OC(=O)CCOC(=O)CCC(=O)NC(C=O)C=O)[C@@H](C)/C=C/C=C(/C)C(=O)Nc2c(=O)c3c(O)c(C)c4c(c3c3nc5c(=O)cc(N6CCN(CC(C)C)CC6)cc5oc23)=C(O)[C@@](C)(O/C=C/[C@H](C)[C@H]1C)O4. The van der Waals surface area contributed by atoms with Crippen LogP contribution in [0.15, 0.2) is 62.3 Å². The predicted molar refractivity (Wildman–Crippen MR) is 310 cm³/mol. The second-order valence-corrected chi connectivity index (χ2v) is 22.7. The fraction of sp³-hybridized carbons (Fsp3) is 0.508. The summed E-state index contributed by atoms with van der Waals surface area (Å²) in [5, 5.41) is 40.7. The lowest BCUT2D eigenvalue weighted by Gasteiger charge is -2.38. The number of amides is 2. The summed E-state index contributed by atoms with van der Waals surface area (Å²) in [6.07, 6.45) is 3.27. The molecule has 3 aromatic carbocycles. The van der Waals surface area contributed by atoms with Crippen molar-refractivity contribution in [3.05, 3.63) is 79.5 Å². The van der Waals surface area contributed by atoms with Crippen LogP contribution in [0.2, 0.25) is 0 Å². The van der Waals surface area contributed by atoms with Gasteiger partial charge in [-0.3, -0.25) is 38.5 Å². The van der Waals surface area contributed by atoms with Crippen molar-refractivity contribution in [1.29, 1.82) is 0 Å². The average molecular weight is 1170 g/mol. The number of carbonyl (C=O) groups is 7. The zero-order chi connectivity index (χ0) is 61.6. The fourth-order valence-electron chi connectivity index (χ4n) is 10.9. The van der Waals surface area contributed by atoms with E-state index in [0.29, 0.717) is 24.7 Å². The zero-order valence-corrected chi connectivity index (χ0v) is 49.1. The Labute approximate surface area is 484 Å². The maximum absolute atomic E-state index is 15.1. The number of benzene rings is 3. The van der Waals surface area contributed by atoms with Crippen molar-refractivity contribution in [2.45, 2.75) is 126 Å². The van der Waals surface area contributed by atoms with Crippen molar-refractivity contribution in [2.24, 2.45) is 35.5 Å². The molecule has 9 atom stereocenters. The molecule has 452 valence electrons. The molecule has 0 saturated carbocycles. The van der Waals surface area contributed by atoms with Crippen LogP contribution in [0.1, 0.15) is 94.1 Å². The summed E-state index contributed by atoms with van der Waals surface area (Å²) >= 11 is 0. The van der Waals surface area contributed by atoms with Crippen LogP contribution in [0.25, 0.3) is 38.7 Å². The van der Waals surface area contributed by atoms with Gasteiger partial charge in [0.15, 0.2) is 22.4 Å². The summed E-state index contributed by atoms with van der Waals surface area (Å²) in [7, 11) is 0. The molecule has 23 nitrogen and oxygen atoms in total. The monoisotopic (exact) mass is 1170 g/mol. The highest BCUT2D eigenvalue weighted by atomic mass is 16.7. The molecule has 2 amide bonds. The Bertz CT molecular complexity index is 3500. The first-order chi connectivity index (χ1) is 39.7. The number of aliphatic hydroxyl groups excluding tert-OH is 2. The number of aromatic nitrogens is 1. The first-order valence-corrected chi connectivity index (χ1v) is 28.1. The van der Waals surface area contributed by atoms with Gasteiger partial charge in [-0.2, -0.15) is 0 Å². The molecule has 0 aliphatic carbocycles. The molecule has 1 fully saturated rings. The highest BCUT2D eigenvalue weighted by molar-refractivity contribution is 6.17. The highest BCUT2D eigenvalue weighted by Gasteiger charge is 2.44. The van der Waals surface area contributed by atoms with Crippen molar-refractivity contribution in [3.8, 4) is 11.5 Å². The van der Waals surface area contributed by atoms with E-state index in [-0.39, 0.29) is 67.6 Å². The van der Waals surface area contributed by atoms with Crippen LogP contribution in [0.3, 0.4) is 0 Å². The Morgan fingerprint density at radius 3 is 2.20 bits per heavy atom. The quantitative estimate of drug-likeness (QED) is 0.0274. The number of ether oxygens (including phenoxy) is 5. The summed E-state index contributed by atoms with van der Waals surface area (Å²) in [5.74, 6) is -10.0. The average Bonchev–Trinajstić information content (AvgIpc) is 1.37. The van der Waals surface area contributed by atoms with E-state index in [1.807, 2.05) is 6.92 Å². The van der Waals surface area contributed by atoms with Gasteiger partial charge >= 0.3 is 23.7 Å². The van der Waals surface area contributed by atoms with E-state index in [1.165, 1.54) is 52.2 Å². The van der Waals surface area contributed by atoms with E-state index in [2.05, 4.69) is 34.3 Å². The van der Waals surface area contributed by atoms with E-state index >= 15 is 4.79 Å². The van der Waals surface area contributed by atoms with Crippen molar-refractivity contribution >= 4 is 92.4 Å². The molecule has 4 aliphatic heterocycles. The number of nitrogens with one attached hydrogen (secondary N) is 2. The Hall–Kier alpha value is -8.18. The highest BCUT2D eigenvalue weighted by Crippen LogP contribution is 2.43. The number of phenolic OH excluding ortho intramolecular Hbond substituents is 1. The smallest absolute Gasteiger partial charge is 0.309 e. The van der Waals surface area contributed by atoms with E-state index < -0.39 is 143 Å². The number of esters is 3. The minimum Gasteiger partial charge on any atom is -0.507 e. The summed E-state index contributed by atoms with van der Waals surface area (Å²) in [4.78, 5) is 125. The molecule has 23 heteroatoms. The van der Waals surface area contributed by atoms with E-state index in [0.717, 1.165) is 19.6 Å². The van der Waals surface area contributed by atoms with Crippen molar-refractivity contribution in [2.75, 3.05) is 49.5 Å². The van der Waals surface area contributed by atoms with Gasteiger partial charge in [-0.05, 0) is 37.7 Å². The maximum atomic E-state index is 15.1. The number of piperazine rings is 1. The standard InChI is InChI=1S/C61H75N5O18/c1-30(2)27-65-19-21-66(22-20-65)40-25-41(70)49-42(26-40)82-58-50(63-49)46-47-53(75)37(9)57-48(46)59(77)61(11,84-57)80-24-17-31(3)34(6)56(81-38(10)69)36(8)52(74)35(7)55(32(4)13-12-14-33(5)60(78)64-51(58)54(47)76)83-45(73)18-23-79-44(72)16-15-43(71)62-39(28-67)29-68/h12-14,17,24-26,28-32,34-36,39,52,55-56,74-75,77H,15-16,18-23,27H2,1-11H3,(H,62,71)(H,64,78)/b13-12+,24-17+,33-14-/t31-,32-,34+,35-,36+,52+,55-,56+,61-/m0/s1. The summed E-state index contributed by atoms with van der Waals surface area (Å²) in [6, 6.07) is 1.73. The molecule has 8 rings (SSSR count). The first kappa shape index (κ1) is 63.4. The Morgan fingerprint density at radius 2 is 1.55 bits per heavy atom. The van der Waals surface area contributed by atoms with Gasteiger partial charge in [0.1, 0.15) is 60.1 Å². The van der Waals surface area contributed by atoms with Crippen molar-refractivity contribution in [1.82, 2.24) is 15.2 Å². The normalized spacial score (nSPS) is 25.8. The molecular weight excluding hydrogens is 1090 g/mol. The van der Waals surface area contributed by atoms with Gasteiger partial charge in [0.05, 0.1) is 35.8 Å². The third kappa shape index (κ3) is 13.7. The minimum absolute atomic E-state index is 0.00853. The van der Waals surface area contributed by atoms with Gasteiger partial charge in [0, 0.05) is 105 Å². The number of aromatic hydroxyl groups is 1. The van der Waals surface area contributed by atoms with Gasteiger partial charge in [-0.1, -0.05) is 66.7 Å². The largest absolute Gasteiger partial charge is 0.507 e. The molecule has 84 heavy (non-hydrogen) atoms. The summed E-state index contributed by atoms with van der Waals surface area (Å²) in [6.45, 7) is 21.7. The van der Waals surface area contributed by atoms with Gasteiger partial charge in [-0.25, -0.2) is 4.98 Å². The second-order valence-electron chi connectivity index (χ2n) is 22.7. The predicted octanol–water partition coefficient (Wildman–Crippen LogP) is 5.11. The molecule has 5 N–H and O–H groups in total. The summed E-state index contributed by atoms with van der Waals surface area (Å²) in [5.41, 5.74) is -1.87. The molecule has 5 heterocycles. The molecule has 4 aliphatic rings. The van der Waals surface area contributed by atoms with Crippen molar-refractivity contribution in [3.63, 3.8) is 0 Å². The Morgan fingerprint density at radius 1 is 0.869 bits per heavy atom. The lowest BCUT2D eigenvalue weighted by molar-refractivity contribution is -0.164. The number of nitrogens with zero attached hydrogens (tertiary/aromatic N) is 3. The number of allylic oxidation sites excluding steroid dienone is 3. The zero-order valence-electron chi connectivity index (χ0n) is 49.1. The van der Waals surface area contributed by atoms with Gasteiger partial charge in [0.25, 0.3) is 5.91 Å². The van der Waals surface area contributed by atoms with E-state index in [4.69, 9.17) is 33.1 Å². The Balaban J connectivity index is 1.31. The fourth-order valence-corrected chi connectivity index (χ4v) is 10.9. The number of hydrogen-bond donors (Lipinski definition) is 5. The number of anilines is 2. The van der Waals surface area contributed by atoms with E-state index in [9.17, 15) is 53.7 Å². The third-order valence-electron chi connectivity index (χ3n) is 15.9. The maximum Gasteiger partial charge on any atom is 0.309 e. The number of aliphatic hydroxyl groups is 2.